The van der Waals surface area contributed by atoms with Crippen molar-refractivity contribution >= 4 is 5.91 Å². The molecule has 2 fully saturated rings. The second kappa shape index (κ2) is 5.77. The van der Waals surface area contributed by atoms with Crippen LogP contribution in [0, 0.1) is 5.92 Å². The van der Waals surface area contributed by atoms with Gasteiger partial charge in [-0.15, -0.1) is 0 Å². The van der Waals surface area contributed by atoms with Gasteiger partial charge in [-0.1, -0.05) is 0 Å². The van der Waals surface area contributed by atoms with Crippen molar-refractivity contribution in [2.45, 2.75) is 31.6 Å². The first-order valence-electron chi connectivity index (χ1n) is 7.56. The zero-order chi connectivity index (χ0) is 15.0. The van der Waals surface area contributed by atoms with E-state index >= 15 is 0 Å². The lowest BCUT2D eigenvalue weighted by Crippen LogP contribution is -2.29. The van der Waals surface area contributed by atoms with Crippen molar-refractivity contribution in [3.63, 3.8) is 0 Å². The zero-order valence-corrected chi connectivity index (χ0v) is 13.0. The Bertz CT molecular complexity index is 500. The van der Waals surface area contributed by atoms with Crippen LogP contribution in [0.4, 0.5) is 0 Å². The summed E-state index contributed by atoms with van der Waals surface area (Å²) in [4.78, 5) is 15.8. The number of ether oxygens (including phenoxy) is 1. The van der Waals surface area contributed by atoms with Gasteiger partial charge in [-0.25, -0.2) is 0 Å². The number of nitrogens with zero attached hydrogens (tertiary/aromatic N) is 4. The van der Waals surface area contributed by atoms with Crippen LogP contribution >= 0.6 is 0 Å². The Morgan fingerprint density at radius 2 is 2.29 bits per heavy atom. The van der Waals surface area contributed by atoms with E-state index in [1.807, 2.05) is 17.9 Å². The molecule has 1 aromatic rings. The molecular weight excluding hydrogens is 268 g/mol. The lowest BCUT2D eigenvalue weighted by Gasteiger charge is -2.19. The number of fused-ring (bicyclic) bond motifs is 1. The van der Waals surface area contributed by atoms with Crippen LogP contribution in [0.3, 0.4) is 0 Å². The van der Waals surface area contributed by atoms with Crippen LogP contribution in [0.5, 0.6) is 0 Å². The van der Waals surface area contributed by atoms with E-state index in [2.05, 4.69) is 16.2 Å². The van der Waals surface area contributed by atoms with Crippen molar-refractivity contribution in [3.05, 3.63) is 18.0 Å². The Morgan fingerprint density at radius 3 is 2.90 bits per heavy atom. The van der Waals surface area contributed by atoms with Crippen molar-refractivity contribution in [3.8, 4) is 0 Å². The maximum absolute atomic E-state index is 11.8. The molecule has 3 heterocycles. The molecule has 0 aliphatic carbocycles. The lowest BCUT2D eigenvalue weighted by atomic mass is 10.0. The summed E-state index contributed by atoms with van der Waals surface area (Å²) in [5.74, 6) is 0.730. The zero-order valence-electron chi connectivity index (χ0n) is 13.0. The van der Waals surface area contributed by atoms with Crippen molar-refractivity contribution in [1.29, 1.82) is 0 Å². The van der Waals surface area contributed by atoms with Gasteiger partial charge >= 0.3 is 0 Å². The molecule has 0 unspecified atom stereocenters. The minimum Gasteiger partial charge on any atom is -0.373 e. The van der Waals surface area contributed by atoms with E-state index in [1.54, 1.807) is 19.0 Å². The van der Waals surface area contributed by atoms with Gasteiger partial charge in [0.05, 0.1) is 24.8 Å². The van der Waals surface area contributed by atoms with E-state index in [0.717, 1.165) is 26.1 Å². The number of carbonyl (C=O) groups is 1. The van der Waals surface area contributed by atoms with E-state index in [1.165, 1.54) is 5.56 Å². The molecule has 1 amide bonds. The molecule has 0 aromatic carbocycles. The highest BCUT2D eigenvalue weighted by Gasteiger charge is 2.42. The molecule has 1 aromatic heterocycles. The summed E-state index contributed by atoms with van der Waals surface area (Å²) >= 11 is 0. The Labute approximate surface area is 125 Å². The third kappa shape index (κ3) is 3.27. The Kier molecular flexibility index (Phi) is 3.99. The first-order valence-corrected chi connectivity index (χ1v) is 7.56. The van der Waals surface area contributed by atoms with Gasteiger partial charge in [-0.05, 0) is 6.42 Å². The van der Waals surface area contributed by atoms with Gasteiger partial charge in [0, 0.05) is 58.5 Å². The average Bonchev–Trinajstić information content (AvgIpc) is 3.04. The van der Waals surface area contributed by atoms with Crippen molar-refractivity contribution < 1.29 is 9.53 Å². The molecule has 2 aliphatic heterocycles. The number of aryl methyl sites for hydroxylation is 1. The minimum atomic E-state index is 0.107. The molecular formula is C15H24N4O2. The number of carbonyl (C=O) groups excluding carboxylic acids is 1. The van der Waals surface area contributed by atoms with Gasteiger partial charge in [0.25, 0.3) is 0 Å². The second-order valence-corrected chi connectivity index (χ2v) is 6.50. The third-order valence-electron chi connectivity index (χ3n) is 4.46. The van der Waals surface area contributed by atoms with E-state index in [-0.39, 0.29) is 12.0 Å². The van der Waals surface area contributed by atoms with Crippen LogP contribution in [-0.4, -0.2) is 64.9 Å². The number of aromatic nitrogens is 2. The van der Waals surface area contributed by atoms with Gasteiger partial charge in [-0.3, -0.25) is 14.4 Å². The van der Waals surface area contributed by atoms with E-state index < -0.39 is 0 Å². The quantitative estimate of drug-likeness (QED) is 0.810. The van der Waals surface area contributed by atoms with Gasteiger partial charge in [0.1, 0.15) is 0 Å². The smallest absolute Gasteiger partial charge is 0.224 e. The molecule has 0 N–H and O–H groups in total. The summed E-state index contributed by atoms with van der Waals surface area (Å²) in [5.41, 5.74) is 1.25. The van der Waals surface area contributed by atoms with Gasteiger partial charge < -0.3 is 9.64 Å². The molecule has 3 rings (SSSR count). The largest absolute Gasteiger partial charge is 0.373 e. The normalized spacial score (nSPS) is 28.8. The fourth-order valence-electron chi connectivity index (χ4n) is 3.40. The van der Waals surface area contributed by atoms with Crippen LogP contribution < -0.4 is 0 Å². The first-order chi connectivity index (χ1) is 10.0. The predicted molar refractivity (Wildman–Crippen MR) is 78.6 cm³/mol. The van der Waals surface area contributed by atoms with Crippen molar-refractivity contribution in [2.24, 2.45) is 13.0 Å². The maximum atomic E-state index is 11.8. The van der Waals surface area contributed by atoms with Crippen molar-refractivity contribution in [2.75, 3.05) is 27.2 Å². The van der Waals surface area contributed by atoms with Crippen LogP contribution in [0.2, 0.25) is 0 Å². The molecule has 3 atom stereocenters. The summed E-state index contributed by atoms with van der Waals surface area (Å²) in [5, 5.41) is 4.21. The number of amides is 1. The SMILES string of the molecule is CN(C)C(=O)C[C@H]1C[C@H]2CN(Cc3cnn(C)c3)C[C@H]2O1. The van der Waals surface area contributed by atoms with Crippen LogP contribution in [0.15, 0.2) is 12.4 Å². The maximum Gasteiger partial charge on any atom is 0.224 e. The van der Waals surface area contributed by atoms with Crippen LogP contribution in [0.25, 0.3) is 0 Å². The summed E-state index contributed by atoms with van der Waals surface area (Å²) in [6.45, 7) is 2.96. The summed E-state index contributed by atoms with van der Waals surface area (Å²) < 4.78 is 7.91. The molecule has 6 heteroatoms. The number of hydrogen-bond acceptors (Lipinski definition) is 4. The molecule has 0 spiro atoms. The van der Waals surface area contributed by atoms with Crippen LogP contribution in [-0.2, 0) is 23.1 Å². The summed E-state index contributed by atoms with van der Waals surface area (Å²) in [6, 6.07) is 0. The number of hydrogen-bond donors (Lipinski definition) is 0. The third-order valence-corrected chi connectivity index (χ3v) is 4.46. The highest BCUT2D eigenvalue weighted by atomic mass is 16.5. The molecule has 0 bridgehead atoms. The highest BCUT2D eigenvalue weighted by Crippen LogP contribution is 2.34. The molecule has 2 aliphatic rings. The second-order valence-electron chi connectivity index (χ2n) is 6.50. The van der Waals surface area contributed by atoms with E-state index in [0.29, 0.717) is 18.4 Å². The number of rotatable bonds is 4. The average molecular weight is 292 g/mol. The molecule has 2 saturated heterocycles. The molecule has 0 radical (unpaired) electrons. The molecule has 0 saturated carbocycles. The Morgan fingerprint density at radius 1 is 1.48 bits per heavy atom. The minimum absolute atomic E-state index is 0.107. The highest BCUT2D eigenvalue weighted by molar-refractivity contribution is 5.76. The lowest BCUT2D eigenvalue weighted by molar-refractivity contribution is -0.131. The Hall–Kier alpha value is -1.40. The summed E-state index contributed by atoms with van der Waals surface area (Å²) in [7, 11) is 5.54. The van der Waals surface area contributed by atoms with Gasteiger partial charge in [-0.2, -0.15) is 5.10 Å². The molecule has 21 heavy (non-hydrogen) atoms. The Balaban J connectivity index is 1.48. The first kappa shape index (κ1) is 14.5. The fraction of sp³-hybridized carbons (Fsp3) is 0.733. The van der Waals surface area contributed by atoms with Crippen LogP contribution in [0.1, 0.15) is 18.4 Å². The van der Waals surface area contributed by atoms with E-state index in [4.69, 9.17) is 4.74 Å². The fourth-order valence-corrected chi connectivity index (χ4v) is 3.40. The van der Waals surface area contributed by atoms with Gasteiger partial charge in [0.15, 0.2) is 0 Å². The van der Waals surface area contributed by atoms with Crippen molar-refractivity contribution in [1.82, 2.24) is 19.6 Å². The summed E-state index contributed by atoms with van der Waals surface area (Å²) in [6.07, 6.45) is 5.91. The molecule has 116 valence electrons. The standard InChI is InChI=1S/C15H24N4O2/c1-17(2)15(20)5-13-4-12-9-19(10-14(12)21-13)8-11-6-16-18(3)7-11/h6-7,12-14H,4-5,8-10H2,1-3H3/t12-,13+,14+/m0/s1. The monoisotopic (exact) mass is 292 g/mol. The molecule has 6 nitrogen and oxygen atoms in total. The van der Waals surface area contributed by atoms with Gasteiger partial charge in [0.2, 0.25) is 5.91 Å². The predicted octanol–water partition coefficient (Wildman–Crippen LogP) is 0.488. The topological polar surface area (TPSA) is 50.6 Å². The number of likely N-dealkylation sites (tertiary alicyclic amines) is 1. The van der Waals surface area contributed by atoms with E-state index in [9.17, 15) is 4.79 Å².